The molecule has 2 N–H and O–H groups in total. The summed E-state index contributed by atoms with van der Waals surface area (Å²) in [6.45, 7) is 0. The number of aromatic amines is 1. The highest BCUT2D eigenvalue weighted by Gasteiger charge is 2.31. The molecule has 0 saturated heterocycles. The summed E-state index contributed by atoms with van der Waals surface area (Å²) in [4.78, 5) is 36.1. The van der Waals surface area contributed by atoms with Gasteiger partial charge in [0.2, 0.25) is 5.95 Å². The number of hydrogen-bond donors (Lipinski definition) is 2. The molecule has 0 fully saturated rings. The average molecular weight is 294 g/mol. The van der Waals surface area contributed by atoms with Crippen LogP contribution >= 0.6 is 0 Å². The monoisotopic (exact) mass is 294 g/mol. The van der Waals surface area contributed by atoms with E-state index < -0.39 is 37.5 Å². The molecular formula is C9H6N6O6. The number of hydrogen-bond acceptors (Lipinski definition) is 8. The molecule has 0 aliphatic carbocycles. The number of nitro benzene ring substituents is 3. The summed E-state index contributed by atoms with van der Waals surface area (Å²) in [5.41, 5.74) is -2.84. The number of H-pyrrole nitrogens is 1. The lowest BCUT2D eigenvalue weighted by Gasteiger charge is -2.05. The molecule has 21 heavy (non-hydrogen) atoms. The maximum atomic E-state index is 11.0. The second-order valence-electron chi connectivity index (χ2n) is 3.69. The zero-order valence-electron chi connectivity index (χ0n) is 10.0. The quantitative estimate of drug-likeness (QED) is 0.621. The molecule has 0 spiro atoms. The van der Waals surface area contributed by atoms with Gasteiger partial charge in [-0.3, -0.25) is 30.3 Å². The van der Waals surface area contributed by atoms with Gasteiger partial charge in [-0.2, -0.15) is 0 Å². The van der Waals surface area contributed by atoms with Gasteiger partial charge >= 0.3 is 11.4 Å². The number of aromatic nitrogens is 2. The lowest BCUT2D eigenvalue weighted by atomic mass is 10.2. The molecule has 12 nitrogen and oxygen atoms in total. The van der Waals surface area contributed by atoms with E-state index in [2.05, 4.69) is 15.3 Å². The topological polar surface area (TPSA) is 170 Å². The van der Waals surface area contributed by atoms with Crippen molar-refractivity contribution in [3.8, 4) is 0 Å². The molecule has 0 aliphatic rings. The molecule has 0 bridgehead atoms. The van der Waals surface area contributed by atoms with Crippen LogP contribution in [-0.2, 0) is 0 Å². The summed E-state index contributed by atoms with van der Waals surface area (Å²) in [5.74, 6) is 0.0232. The van der Waals surface area contributed by atoms with E-state index in [0.717, 1.165) is 0 Å². The highest BCUT2D eigenvalue weighted by atomic mass is 16.6. The van der Waals surface area contributed by atoms with Crippen LogP contribution in [0.4, 0.5) is 28.7 Å². The van der Waals surface area contributed by atoms with Crippen LogP contribution in [0.2, 0.25) is 0 Å². The Labute approximate surface area is 114 Å². The summed E-state index contributed by atoms with van der Waals surface area (Å²) in [6.07, 6.45) is 2.72. The predicted octanol–water partition coefficient (Wildman–Crippen LogP) is 1.88. The maximum absolute atomic E-state index is 11.0. The molecule has 108 valence electrons. The molecule has 0 saturated carbocycles. The molecule has 0 unspecified atom stereocenters. The van der Waals surface area contributed by atoms with Gasteiger partial charge in [-0.25, -0.2) is 4.98 Å². The normalized spacial score (nSPS) is 10.1. The molecule has 1 aromatic heterocycles. The Morgan fingerprint density at radius 1 is 1.00 bits per heavy atom. The fourth-order valence-electron chi connectivity index (χ4n) is 1.57. The fraction of sp³-hybridized carbons (Fsp3) is 0. The first-order valence-electron chi connectivity index (χ1n) is 5.27. The second kappa shape index (κ2) is 5.20. The minimum absolute atomic E-state index is 0.0232. The molecular weight excluding hydrogens is 288 g/mol. The van der Waals surface area contributed by atoms with Crippen LogP contribution < -0.4 is 5.32 Å². The van der Waals surface area contributed by atoms with Crippen molar-refractivity contribution < 1.29 is 14.8 Å². The van der Waals surface area contributed by atoms with Gasteiger partial charge in [-0.15, -0.1) is 0 Å². The zero-order valence-corrected chi connectivity index (χ0v) is 10.0. The van der Waals surface area contributed by atoms with Gasteiger partial charge in [0, 0.05) is 12.4 Å². The number of rotatable bonds is 5. The highest BCUT2D eigenvalue weighted by Crippen LogP contribution is 2.39. The van der Waals surface area contributed by atoms with Crippen LogP contribution in [0.25, 0.3) is 0 Å². The predicted molar refractivity (Wildman–Crippen MR) is 68.3 cm³/mol. The number of nitrogens with zero attached hydrogens (tertiary/aromatic N) is 4. The van der Waals surface area contributed by atoms with Crippen molar-refractivity contribution in [2.45, 2.75) is 0 Å². The van der Waals surface area contributed by atoms with Crippen LogP contribution in [0, 0.1) is 30.3 Å². The third-order valence-electron chi connectivity index (χ3n) is 2.43. The number of imidazole rings is 1. The van der Waals surface area contributed by atoms with Crippen molar-refractivity contribution in [2.75, 3.05) is 5.32 Å². The van der Waals surface area contributed by atoms with Crippen molar-refractivity contribution in [1.29, 1.82) is 0 Å². The average Bonchev–Trinajstić information content (AvgIpc) is 2.90. The van der Waals surface area contributed by atoms with Crippen molar-refractivity contribution in [3.05, 3.63) is 54.9 Å². The van der Waals surface area contributed by atoms with E-state index in [1.165, 1.54) is 12.4 Å². The summed E-state index contributed by atoms with van der Waals surface area (Å²) in [6, 6.07) is 1.27. The zero-order chi connectivity index (χ0) is 15.6. The molecule has 1 heterocycles. The van der Waals surface area contributed by atoms with E-state index in [1.54, 1.807) is 0 Å². The van der Waals surface area contributed by atoms with E-state index >= 15 is 0 Å². The molecule has 0 amide bonds. The molecule has 2 aromatic rings. The summed E-state index contributed by atoms with van der Waals surface area (Å²) < 4.78 is 0. The summed E-state index contributed by atoms with van der Waals surface area (Å²) >= 11 is 0. The van der Waals surface area contributed by atoms with Gasteiger partial charge < -0.3 is 10.3 Å². The van der Waals surface area contributed by atoms with E-state index in [9.17, 15) is 30.3 Å². The third-order valence-corrected chi connectivity index (χ3v) is 2.43. The van der Waals surface area contributed by atoms with Crippen molar-refractivity contribution in [3.63, 3.8) is 0 Å². The fourth-order valence-corrected chi connectivity index (χ4v) is 1.57. The number of benzene rings is 1. The Hall–Kier alpha value is -3.57. The highest BCUT2D eigenvalue weighted by molar-refractivity contribution is 5.79. The van der Waals surface area contributed by atoms with Crippen LogP contribution in [0.3, 0.4) is 0 Å². The van der Waals surface area contributed by atoms with Crippen LogP contribution in [0.15, 0.2) is 24.5 Å². The van der Waals surface area contributed by atoms with Crippen molar-refractivity contribution in [2.24, 2.45) is 0 Å². The van der Waals surface area contributed by atoms with Gasteiger partial charge in [0.15, 0.2) is 5.69 Å². The number of anilines is 2. The molecule has 2 rings (SSSR count). The molecule has 12 heteroatoms. The molecule has 1 aromatic carbocycles. The first-order valence-corrected chi connectivity index (χ1v) is 5.27. The van der Waals surface area contributed by atoms with Gasteiger partial charge in [0.25, 0.3) is 5.69 Å². The summed E-state index contributed by atoms with van der Waals surface area (Å²) in [7, 11) is 0. The van der Waals surface area contributed by atoms with E-state index in [0.29, 0.717) is 12.1 Å². The smallest absolute Gasteiger partial charge is 0.306 e. The Bertz CT molecular complexity index is 691. The first-order chi connectivity index (χ1) is 9.90. The summed E-state index contributed by atoms with van der Waals surface area (Å²) in [5, 5.41) is 35.1. The Balaban J connectivity index is 2.66. The number of nitrogens with one attached hydrogen (secondary N) is 2. The Morgan fingerprint density at radius 2 is 1.57 bits per heavy atom. The van der Waals surface area contributed by atoms with Crippen LogP contribution in [0.5, 0.6) is 0 Å². The number of nitro groups is 3. The van der Waals surface area contributed by atoms with Gasteiger partial charge in [0.05, 0.1) is 26.9 Å². The van der Waals surface area contributed by atoms with Gasteiger partial charge in [0.1, 0.15) is 0 Å². The van der Waals surface area contributed by atoms with Gasteiger partial charge in [-0.1, -0.05) is 0 Å². The van der Waals surface area contributed by atoms with Crippen LogP contribution in [0.1, 0.15) is 0 Å². The minimum atomic E-state index is -0.953. The second-order valence-corrected chi connectivity index (χ2v) is 3.69. The third kappa shape index (κ3) is 2.73. The van der Waals surface area contributed by atoms with Crippen LogP contribution in [-0.4, -0.2) is 24.7 Å². The van der Waals surface area contributed by atoms with Crippen molar-refractivity contribution >= 4 is 28.7 Å². The molecule has 0 atom stereocenters. The van der Waals surface area contributed by atoms with Crippen molar-refractivity contribution in [1.82, 2.24) is 9.97 Å². The molecule has 0 radical (unpaired) electrons. The molecule has 0 aliphatic heterocycles. The lowest BCUT2D eigenvalue weighted by molar-refractivity contribution is -0.401. The minimum Gasteiger partial charge on any atom is -0.331 e. The maximum Gasteiger partial charge on any atom is 0.306 e. The first kappa shape index (κ1) is 13.9. The Morgan fingerprint density at radius 3 is 1.95 bits per heavy atom. The largest absolute Gasteiger partial charge is 0.331 e. The van der Waals surface area contributed by atoms with E-state index in [1.807, 2.05) is 0 Å². The number of non-ortho nitro benzene ring substituents is 1. The lowest BCUT2D eigenvalue weighted by Crippen LogP contribution is -2.04. The van der Waals surface area contributed by atoms with Gasteiger partial charge in [-0.05, 0) is 0 Å². The van der Waals surface area contributed by atoms with E-state index in [4.69, 9.17) is 0 Å². The van der Waals surface area contributed by atoms with E-state index in [-0.39, 0.29) is 5.95 Å². The SMILES string of the molecule is O=[N+]([O-])c1cc([N+](=O)[O-])c(Nc2ncc[nH]2)c([N+](=O)[O-])c1. The Kier molecular flexibility index (Phi) is 3.43. The standard InChI is InChI=1S/C9H6N6O6/c16-13(17)5-3-6(14(18)19)8(7(4-5)15(20)21)12-9-10-1-2-11-9/h1-4H,(H2,10,11,12).